The Morgan fingerprint density at radius 2 is 1.75 bits per heavy atom. The normalized spacial score (nSPS) is 34.2. The zero-order valence-corrected chi connectivity index (χ0v) is 22.3. The minimum Gasteiger partial charge on any atom is -0.495 e. The fourth-order valence-electron chi connectivity index (χ4n) is 6.52. The highest BCUT2D eigenvalue weighted by Gasteiger charge is 2.65. The van der Waals surface area contributed by atoms with Crippen LogP contribution in [-0.2, 0) is 29.6 Å². The molecular weight excluding hydrogens is 480 g/mol. The van der Waals surface area contributed by atoms with Crippen molar-refractivity contribution in [2.75, 3.05) is 19.0 Å². The molecule has 0 spiro atoms. The molecule has 0 radical (unpaired) electrons. The average Bonchev–Trinajstić information content (AvgIpc) is 3.30. The summed E-state index contributed by atoms with van der Waals surface area (Å²) in [6.07, 6.45) is -1.64. The molecule has 36 heavy (non-hydrogen) atoms. The van der Waals surface area contributed by atoms with E-state index in [1.165, 1.54) is 0 Å². The number of sulfonamides is 1. The second-order valence-corrected chi connectivity index (χ2v) is 13.2. The number of hydrogen-bond acceptors (Lipinski definition) is 7. The van der Waals surface area contributed by atoms with E-state index in [1.807, 2.05) is 45.0 Å². The van der Waals surface area contributed by atoms with E-state index in [-0.39, 0.29) is 22.3 Å². The molecule has 3 saturated heterocycles. The number of piperidine rings is 1. The van der Waals surface area contributed by atoms with Gasteiger partial charge < -0.3 is 24.3 Å². The van der Waals surface area contributed by atoms with Crippen molar-refractivity contribution in [3.8, 4) is 5.75 Å². The summed E-state index contributed by atoms with van der Waals surface area (Å²) in [6, 6.07) is 12.3. The predicted molar refractivity (Wildman–Crippen MR) is 134 cm³/mol. The van der Waals surface area contributed by atoms with Gasteiger partial charge in [0.25, 0.3) is 0 Å². The highest BCUT2D eigenvalue weighted by Crippen LogP contribution is 2.54. The molecule has 0 saturated carbocycles. The maximum atomic E-state index is 14.2. The molecule has 4 heterocycles. The summed E-state index contributed by atoms with van der Waals surface area (Å²) in [6.45, 7) is 10.3. The van der Waals surface area contributed by atoms with Crippen LogP contribution >= 0.6 is 0 Å². The van der Waals surface area contributed by atoms with Crippen LogP contribution in [0.5, 0.6) is 5.75 Å². The molecule has 194 valence electrons. The van der Waals surface area contributed by atoms with E-state index in [1.54, 1.807) is 23.5 Å². The number of para-hydroxylation sites is 1. The summed E-state index contributed by atoms with van der Waals surface area (Å²) in [7, 11) is -2.17. The molecule has 0 amide bonds. The van der Waals surface area contributed by atoms with Gasteiger partial charge in [0.05, 0.1) is 29.8 Å². The number of benzene rings is 2. The molecule has 6 rings (SSSR count). The van der Waals surface area contributed by atoms with Crippen LogP contribution in [0, 0.1) is 12.8 Å². The summed E-state index contributed by atoms with van der Waals surface area (Å²) >= 11 is 0. The molecule has 3 fully saturated rings. The van der Waals surface area contributed by atoms with Crippen molar-refractivity contribution in [2.45, 2.75) is 81.3 Å². The molecular formula is C27H34N2O6S. The van der Waals surface area contributed by atoms with Crippen molar-refractivity contribution in [1.29, 1.82) is 0 Å². The Hall–Kier alpha value is -2.17. The van der Waals surface area contributed by atoms with Gasteiger partial charge in [0.1, 0.15) is 18.0 Å². The molecule has 2 aromatic rings. The van der Waals surface area contributed by atoms with Gasteiger partial charge in [0.15, 0.2) is 12.1 Å². The van der Waals surface area contributed by atoms with Crippen molar-refractivity contribution >= 4 is 15.7 Å². The van der Waals surface area contributed by atoms with E-state index >= 15 is 0 Å². The Kier molecular flexibility index (Phi) is 5.32. The van der Waals surface area contributed by atoms with Crippen molar-refractivity contribution in [3.05, 3.63) is 53.6 Å². The molecule has 4 aliphatic heterocycles. The third-order valence-electron chi connectivity index (χ3n) is 8.36. The molecule has 1 N–H and O–H groups in total. The number of anilines is 1. The third kappa shape index (κ3) is 3.44. The minimum atomic E-state index is -3.83. The first-order valence-electron chi connectivity index (χ1n) is 12.5. The second kappa shape index (κ2) is 7.91. The quantitative estimate of drug-likeness (QED) is 0.669. The molecule has 6 atom stereocenters. The van der Waals surface area contributed by atoms with E-state index in [2.05, 4.69) is 25.2 Å². The fraction of sp³-hybridized carbons (Fsp3) is 0.556. The molecule has 4 aliphatic rings. The van der Waals surface area contributed by atoms with Crippen LogP contribution in [0.2, 0.25) is 0 Å². The van der Waals surface area contributed by atoms with Gasteiger partial charge in [0.2, 0.25) is 10.0 Å². The maximum absolute atomic E-state index is 14.2. The van der Waals surface area contributed by atoms with Gasteiger partial charge in [-0.1, -0.05) is 43.7 Å². The second-order valence-electron chi connectivity index (χ2n) is 11.3. The minimum absolute atomic E-state index is 0.0644. The fourth-order valence-corrected chi connectivity index (χ4v) is 8.18. The van der Waals surface area contributed by atoms with Crippen molar-refractivity contribution in [3.63, 3.8) is 0 Å². The van der Waals surface area contributed by atoms with Crippen LogP contribution in [0.4, 0.5) is 5.69 Å². The number of methoxy groups -OCH3 is 1. The highest BCUT2D eigenvalue weighted by atomic mass is 32.2. The first kappa shape index (κ1) is 24.2. The summed E-state index contributed by atoms with van der Waals surface area (Å²) < 4.78 is 54.5. The molecule has 2 aromatic carbocycles. The van der Waals surface area contributed by atoms with E-state index in [0.717, 1.165) is 22.6 Å². The number of fused-ring (bicyclic) bond motifs is 6. The van der Waals surface area contributed by atoms with E-state index in [4.69, 9.17) is 18.9 Å². The van der Waals surface area contributed by atoms with Gasteiger partial charge >= 0.3 is 0 Å². The molecule has 0 bridgehead atoms. The number of aryl methyl sites for hydroxylation is 1. The lowest BCUT2D eigenvalue weighted by atomic mass is 9.64. The van der Waals surface area contributed by atoms with Crippen molar-refractivity contribution in [1.82, 2.24) is 4.31 Å². The standard InChI is InChI=1S/C27H34N2O6S/c1-15-10-12-16(13-11-15)36(30,31)29-14-18-21(23-22(29)24-25(33-23)35-27(4,5)34-24)28-20-17(26(18,2)3)8-7-9-19(20)32-6/h7-13,18,21-25,28H,14H2,1-6H3/t18-,21+,22-,23-,24-,25-/m1/s1. The number of nitrogens with zero attached hydrogens (tertiary/aromatic N) is 1. The Morgan fingerprint density at radius 1 is 1.03 bits per heavy atom. The zero-order chi connectivity index (χ0) is 25.6. The van der Waals surface area contributed by atoms with Crippen LogP contribution in [0.15, 0.2) is 47.4 Å². The Bertz CT molecular complexity index is 1290. The molecule has 9 heteroatoms. The Morgan fingerprint density at radius 3 is 2.44 bits per heavy atom. The smallest absolute Gasteiger partial charge is 0.243 e. The lowest BCUT2D eigenvalue weighted by Gasteiger charge is -2.54. The number of ether oxygens (including phenoxy) is 4. The number of nitrogens with one attached hydrogen (secondary N) is 1. The first-order chi connectivity index (χ1) is 16.9. The van der Waals surface area contributed by atoms with Gasteiger partial charge in [-0.25, -0.2) is 8.42 Å². The summed E-state index contributed by atoms with van der Waals surface area (Å²) in [5.41, 5.74) is 2.68. The predicted octanol–water partition coefficient (Wildman–Crippen LogP) is 3.64. The summed E-state index contributed by atoms with van der Waals surface area (Å²) in [4.78, 5) is 0.274. The average molecular weight is 515 g/mol. The first-order valence-corrected chi connectivity index (χ1v) is 13.9. The van der Waals surface area contributed by atoms with Crippen LogP contribution in [-0.4, -0.2) is 62.7 Å². The van der Waals surface area contributed by atoms with E-state index < -0.39 is 40.4 Å². The van der Waals surface area contributed by atoms with Gasteiger partial charge in [-0.2, -0.15) is 4.31 Å². The monoisotopic (exact) mass is 514 g/mol. The molecule has 0 aliphatic carbocycles. The van der Waals surface area contributed by atoms with Crippen LogP contribution in [0.3, 0.4) is 0 Å². The van der Waals surface area contributed by atoms with Gasteiger partial charge in [-0.15, -0.1) is 0 Å². The summed E-state index contributed by atoms with van der Waals surface area (Å²) in [5.74, 6) is -0.159. The number of hydrogen-bond donors (Lipinski definition) is 1. The summed E-state index contributed by atoms with van der Waals surface area (Å²) in [5, 5.41) is 3.69. The molecule has 8 nitrogen and oxygen atoms in total. The van der Waals surface area contributed by atoms with Crippen molar-refractivity contribution in [2.24, 2.45) is 5.92 Å². The van der Waals surface area contributed by atoms with Gasteiger partial charge in [0, 0.05) is 12.5 Å². The van der Waals surface area contributed by atoms with Crippen LogP contribution in [0.25, 0.3) is 0 Å². The number of rotatable bonds is 3. The van der Waals surface area contributed by atoms with Crippen LogP contribution < -0.4 is 10.1 Å². The SMILES string of the molecule is COc1cccc2c1N[C@@H]1[C@H]3O[C@@H]4OC(C)(C)O[C@@H]4[C@@H]3N(S(=O)(=O)c3ccc(C)cc3)C[C@H]1C2(C)C. The third-order valence-corrected chi connectivity index (χ3v) is 10.2. The lowest BCUT2D eigenvalue weighted by molar-refractivity contribution is -0.216. The van der Waals surface area contributed by atoms with E-state index in [0.29, 0.717) is 6.54 Å². The molecule has 0 unspecified atom stereocenters. The highest BCUT2D eigenvalue weighted by molar-refractivity contribution is 7.89. The topological polar surface area (TPSA) is 86.3 Å². The Labute approximate surface area is 212 Å². The van der Waals surface area contributed by atoms with Crippen LogP contribution in [0.1, 0.15) is 38.8 Å². The van der Waals surface area contributed by atoms with E-state index in [9.17, 15) is 8.42 Å². The lowest BCUT2D eigenvalue weighted by Crippen LogP contribution is -2.67. The largest absolute Gasteiger partial charge is 0.495 e. The van der Waals surface area contributed by atoms with Crippen molar-refractivity contribution < 1.29 is 27.4 Å². The van der Waals surface area contributed by atoms with Gasteiger partial charge in [-0.05, 0) is 49.9 Å². The van der Waals surface area contributed by atoms with Gasteiger partial charge in [-0.3, -0.25) is 0 Å². The molecule has 0 aromatic heterocycles. The zero-order valence-electron chi connectivity index (χ0n) is 21.5. The maximum Gasteiger partial charge on any atom is 0.243 e. The Balaban J connectivity index is 1.48.